The zero-order valence-corrected chi connectivity index (χ0v) is 25.8. The Morgan fingerprint density at radius 1 is 0.500 bits per heavy atom. The molecule has 0 N–H and O–H groups in total. The van der Waals surface area contributed by atoms with Crippen LogP contribution in [0.1, 0.15) is 18.2 Å². The summed E-state index contributed by atoms with van der Waals surface area (Å²) < 4.78 is 13.0. The zero-order chi connectivity index (χ0) is 31.6. The Bertz CT molecular complexity index is 2770. The highest BCUT2D eigenvalue weighted by Crippen LogP contribution is 2.43. The first-order chi connectivity index (χ1) is 23.8. The second-order valence-electron chi connectivity index (χ2n) is 12.3. The van der Waals surface area contributed by atoms with E-state index in [1.807, 2.05) is 54.6 Å². The van der Waals surface area contributed by atoms with Crippen molar-refractivity contribution < 1.29 is 8.83 Å². The third kappa shape index (κ3) is 4.28. The average molecular weight is 618 g/mol. The van der Waals surface area contributed by atoms with Crippen LogP contribution < -0.4 is 0 Å². The van der Waals surface area contributed by atoms with Gasteiger partial charge in [-0.2, -0.15) is 0 Å². The topological polar surface area (TPSA) is 65.0 Å². The van der Waals surface area contributed by atoms with E-state index in [1.54, 1.807) is 0 Å². The summed E-state index contributed by atoms with van der Waals surface area (Å²) in [5, 5.41) is 6.49. The number of para-hydroxylation sites is 1. The fourth-order valence-electron chi connectivity index (χ4n) is 7.11. The first-order valence-corrected chi connectivity index (χ1v) is 16.2. The second kappa shape index (κ2) is 10.6. The van der Waals surface area contributed by atoms with Crippen LogP contribution in [0.5, 0.6) is 0 Å². The fourth-order valence-corrected chi connectivity index (χ4v) is 7.11. The van der Waals surface area contributed by atoms with E-state index < -0.39 is 0 Å². The molecule has 9 aromatic rings. The zero-order valence-electron chi connectivity index (χ0n) is 25.8. The predicted octanol–water partition coefficient (Wildman–Crippen LogP) is 11.4. The monoisotopic (exact) mass is 617 g/mol. The Labute approximate surface area is 275 Å². The lowest BCUT2D eigenvalue weighted by Gasteiger charge is -2.15. The van der Waals surface area contributed by atoms with Crippen LogP contribution >= 0.6 is 0 Å². The minimum absolute atomic E-state index is 0.0554. The lowest BCUT2D eigenvalue weighted by atomic mass is 9.94. The SMILES string of the molecule is C1=CCC(c2nc(-c3ccccc3)nc(-c3cc(-c4cccc5oc6cc7ccccc7cc6c45)cc4oc5ccccc5c34)n2)C=C1. The molecule has 0 saturated carbocycles. The maximum absolute atomic E-state index is 6.56. The van der Waals surface area contributed by atoms with Crippen LogP contribution in [0.25, 0.3) is 88.6 Å². The Morgan fingerprint density at radius 2 is 1.25 bits per heavy atom. The number of benzene rings is 6. The highest BCUT2D eigenvalue weighted by atomic mass is 16.3. The molecular weight excluding hydrogens is 590 g/mol. The van der Waals surface area contributed by atoms with E-state index in [2.05, 4.69) is 91.0 Å². The predicted molar refractivity (Wildman–Crippen MR) is 194 cm³/mol. The van der Waals surface area contributed by atoms with Crippen molar-refractivity contribution in [1.82, 2.24) is 15.0 Å². The second-order valence-corrected chi connectivity index (χ2v) is 12.3. The summed E-state index contributed by atoms with van der Waals surface area (Å²) in [7, 11) is 0. The first kappa shape index (κ1) is 26.8. The molecule has 0 bridgehead atoms. The summed E-state index contributed by atoms with van der Waals surface area (Å²) in [5.74, 6) is 2.08. The Hall–Kier alpha value is -6.33. The molecule has 1 atom stereocenters. The first-order valence-electron chi connectivity index (χ1n) is 16.2. The summed E-state index contributed by atoms with van der Waals surface area (Å²) >= 11 is 0. The van der Waals surface area contributed by atoms with E-state index in [1.165, 1.54) is 5.39 Å². The molecule has 1 unspecified atom stereocenters. The van der Waals surface area contributed by atoms with Gasteiger partial charge in [0.15, 0.2) is 11.6 Å². The number of hydrogen-bond donors (Lipinski definition) is 0. The molecular formula is C43H27N3O2. The number of hydrogen-bond acceptors (Lipinski definition) is 5. The molecule has 1 aliphatic rings. The standard InChI is InChI=1S/C43H27N3O2/c1-3-12-26(13-4-1)41-44-42(27-14-5-2-6-15-27)46-43(45-41)34-23-30(25-38-40(34)32-18-9-10-20-35(32)47-38)31-19-11-21-36-39(31)33-22-28-16-7-8-17-29(28)24-37(33)48-36/h1-14,16-25,27H,15H2. The van der Waals surface area contributed by atoms with Crippen LogP contribution in [-0.4, -0.2) is 15.0 Å². The highest BCUT2D eigenvalue weighted by Gasteiger charge is 2.22. The molecule has 10 rings (SSSR count). The molecule has 3 heterocycles. The lowest BCUT2D eigenvalue weighted by Crippen LogP contribution is -2.08. The van der Waals surface area contributed by atoms with Gasteiger partial charge in [0.1, 0.15) is 28.2 Å². The number of furan rings is 2. The molecule has 226 valence electrons. The van der Waals surface area contributed by atoms with Gasteiger partial charge in [0.2, 0.25) is 0 Å². The van der Waals surface area contributed by atoms with E-state index in [0.29, 0.717) is 11.6 Å². The van der Waals surface area contributed by atoms with Gasteiger partial charge in [-0.05, 0) is 64.7 Å². The van der Waals surface area contributed by atoms with E-state index in [9.17, 15) is 0 Å². The molecule has 1 aliphatic carbocycles. The van der Waals surface area contributed by atoms with Crippen molar-refractivity contribution in [2.45, 2.75) is 12.3 Å². The van der Waals surface area contributed by atoms with Gasteiger partial charge in [0.05, 0.1) is 0 Å². The van der Waals surface area contributed by atoms with Crippen LogP contribution in [0.3, 0.4) is 0 Å². The number of fused-ring (bicyclic) bond motifs is 7. The number of aromatic nitrogens is 3. The van der Waals surface area contributed by atoms with Gasteiger partial charge in [-0.15, -0.1) is 0 Å². The lowest BCUT2D eigenvalue weighted by molar-refractivity contribution is 0.668. The van der Waals surface area contributed by atoms with Crippen LogP contribution in [-0.2, 0) is 0 Å². The van der Waals surface area contributed by atoms with Crippen molar-refractivity contribution in [2.75, 3.05) is 0 Å². The Kier molecular flexibility index (Phi) is 5.93. The highest BCUT2D eigenvalue weighted by molar-refractivity contribution is 6.18. The van der Waals surface area contributed by atoms with E-state index in [4.69, 9.17) is 23.8 Å². The molecule has 5 nitrogen and oxygen atoms in total. The molecule has 5 heteroatoms. The van der Waals surface area contributed by atoms with Crippen LogP contribution in [0.4, 0.5) is 0 Å². The number of allylic oxidation sites excluding steroid dienone is 4. The third-order valence-electron chi connectivity index (χ3n) is 9.39. The normalized spacial score (nSPS) is 14.6. The van der Waals surface area contributed by atoms with Gasteiger partial charge in [-0.3, -0.25) is 0 Å². The summed E-state index contributed by atoms with van der Waals surface area (Å²) in [6.45, 7) is 0. The molecule has 6 aromatic carbocycles. The van der Waals surface area contributed by atoms with Crippen molar-refractivity contribution in [1.29, 1.82) is 0 Å². The maximum atomic E-state index is 6.56. The molecule has 0 aliphatic heterocycles. The van der Waals surface area contributed by atoms with Crippen molar-refractivity contribution in [3.63, 3.8) is 0 Å². The summed E-state index contributed by atoms with van der Waals surface area (Å²) in [6, 6.07) is 41.7. The van der Waals surface area contributed by atoms with Crippen molar-refractivity contribution in [2.24, 2.45) is 0 Å². The molecule has 0 fully saturated rings. The number of rotatable bonds is 4. The van der Waals surface area contributed by atoms with Crippen LogP contribution in [0.15, 0.2) is 154 Å². The molecule has 3 aromatic heterocycles. The van der Waals surface area contributed by atoms with Gasteiger partial charge in [-0.1, -0.05) is 109 Å². The fraction of sp³-hybridized carbons (Fsp3) is 0.0465. The third-order valence-corrected chi connectivity index (χ3v) is 9.39. The smallest absolute Gasteiger partial charge is 0.164 e. The minimum Gasteiger partial charge on any atom is -0.456 e. The van der Waals surface area contributed by atoms with Gasteiger partial charge < -0.3 is 8.83 Å². The maximum Gasteiger partial charge on any atom is 0.164 e. The van der Waals surface area contributed by atoms with Gasteiger partial charge in [0, 0.05) is 38.6 Å². The Morgan fingerprint density at radius 3 is 2.12 bits per heavy atom. The van der Waals surface area contributed by atoms with Gasteiger partial charge in [0.25, 0.3) is 0 Å². The quantitative estimate of drug-likeness (QED) is 0.197. The summed E-state index contributed by atoms with van der Waals surface area (Å²) in [4.78, 5) is 15.4. The largest absolute Gasteiger partial charge is 0.456 e. The van der Waals surface area contributed by atoms with E-state index in [-0.39, 0.29) is 5.92 Å². The molecule has 0 radical (unpaired) electrons. The van der Waals surface area contributed by atoms with Crippen LogP contribution in [0.2, 0.25) is 0 Å². The molecule has 48 heavy (non-hydrogen) atoms. The van der Waals surface area contributed by atoms with E-state index in [0.717, 1.165) is 83.8 Å². The average Bonchev–Trinajstić information content (AvgIpc) is 3.72. The summed E-state index contributed by atoms with van der Waals surface area (Å²) in [5.41, 5.74) is 7.22. The van der Waals surface area contributed by atoms with E-state index >= 15 is 0 Å². The minimum atomic E-state index is 0.0554. The number of nitrogens with zero attached hydrogens (tertiary/aromatic N) is 3. The van der Waals surface area contributed by atoms with Crippen molar-refractivity contribution >= 4 is 54.6 Å². The van der Waals surface area contributed by atoms with Crippen molar-refractivity contribution in [3.05, 3.63) is 151 Å². The molecule has 0 spiro atoms. The Balaban J connectivity index is 1.27. The van der Waals surface area contributed by atoms with Gasteiger partial charge in [-0.25, -0.2) is 15.0 Å². The van der Waals surface area contributed by atoms with Gasteiger partial charge >= 0.3 is 0 Å². The molecule has 0 saturated heterocycles. The summed E-state index contributed by atoms with van der Waals surface area (Å²) in [6.07, 6.45) is 9.31. The molecule has 0 amide bonds. The van der Waals surface area contributed by atoms with Crippen LogP contribution in [0, 0.1) is 0 Å². The van der Waals surface area contributed by atoms with Crippen molar-refractivity contribution in [3.8, 4) is 33.9 Å².